The SMILES string of the molecule is CN(C)/C=C/Cc1cnc2cc(C(F)(F)F)ccn12. The lowest BCUT2D eigenvalue weighted by atomic mass is 10.2. The summed E-state index contributed by atoms with van der Waals surface area (Å²) in [6, 6.07) is 2.12. The van der Waals surface area contributed by atoms with Crippen LogP contribution in [-0.2, 0) is 12.6 Å². The number of allylic oxidation sites excluding steroid dienone is 1. The lowest BCUT2D eigenvalue weighted by Crippen LogP contribution is -2.05. The van der Waals surface area contributed by atoms with Crippen molar-refractivity contribution in [3.05, 3.63) is 48.1 Å². The molecule has 0 N–H and O–H groups in total. The average Bonchev–Trinajstić information content (AvgIpc) is 2.70. The van der Waals surface area contributed by atoms with Crippen LogP contribution in [0.5, 0.6) is 0 Å². The highest BCUT2D eigenvalue weighted by atomic mass is 19.4. The highest BCUT2D eigenvalue weighted by Crippen LogP contribution is 2.29. The van der Waals surface area contributed by atoms with Crippen molar-refractivity contribution in [2.24, 2.45) is 0 Å². The molecular weight excluding hydrogens is 255 g/mol. The third-order valence-corrected chi connectivity index (χ3v) is 2.65. The number of hydrogen-bond acceptors (Lipinski definition) is 2. The maximum atomic E-state index is 12.6. The lowest BCUT2D eigenvalue weighted by Gasteiger charge is -2.07. The first kappa shape index (κ1) is 13.5. The van der Waals surface area contributed by atoms with Crippen molar-refractivity contribution in [2.75, 3.05) is 14.1 Å². The third-order valence-electron chi connectivity index (χ3n) is 2.65. The molecule has 0 radical (unpaired) electrons. The standard InChI is InChI=1S/C13H14F3N3/c1-18(2)6-3-4-11-9-17-12-8-10(13(14,15)16)5-7-19(11)12/h3,5-9H,4H2,1-2H3/b6-3+. The van der Waals surface area contributed by atoms with Gasteiger partial charge in [0.15, 0.2) is 0 Å². The summed E-state index contributed by atoms with van der Waals surface area (Å²) in [5.74, 6) is 0. The van der Waals surface area contributed by atoms with Crippen LogP contribution in [0.4, 0.5) is 13.2 Å². The zero-order chi connectivity index (χ0) is 14.0. The molecule has 0 atom stereocenters. The van der Waals surface area contributed by atoms with Crippen LogP contribution in [-0.4, -0.2) is 28.4 Å². The van der Waals surface area contributed by atoms with Crippen LogP contribution < -0.4 is 0 Å². The molecule has 0 bridgehead atoms. The number of nitrogens with zero attached hydrogens (tertiary/aromatic N) is 3. The summed E-state index contributed by atoms with van der Waals surface area (Å²) in [5.41, 5.74) is 0.478. The number of aromatic nitrogens is 2. The summed E-state index contributed by atoms with van der Waals surface area (Å²) in [6.45, 7) is 0. The van der Waals surface area contributed by atoms with Gasteiger partial charge in [0.2, 0.25) is 0 Å². The van der Waals surface area contributed by atoms with Crippen LogP contribution in [0.1, 0.15) is 11.3 Å². The number of pyridine rings is 1. The Bertz CT molecular complexity index is 597. The molecule has 0 aromatic carbocycles. The van der Waals surface area contributed by atoms with Gasteiger partial charge in [-0.15, -0.1) is 0 Å². The van der Waals surface area contributed by atoms with E-state index in [1.165, 1.54) is 6.20 Å². The van der Waals surface area contributed by atoms with Crippen LogP contribution in [0.25, 0.3) is 5.65 Å². The Morgan fingerprint density at radius 3 is 2.74 bits per heavy atom. The van der Waals surface area contributed by atoms with Crippen molar-refractivity contribution < 1.29 is 13.2 Å². The van der Waals surface area contributed by atoms with Gasteiger partial charge in [-0.2, -0.15) is 13.2 Å². The summed E-state index contributed by atoms with van der Waals surface area (Å²) in [6.07, 6.45) is 3.10. The first-order chi connectivity index (χ1) is 8.88. The van der Waals surface area contributed by atoms with Crippen molar-refractivity contribution in [2.45, 2.75) is 12.6 Å². The van der Waals surface area contributed by atoms with Crippen LogP contribution in [0.3, 0.4) is 0 Å². The molecule has 2 aromatic heterocycles. The van der Waals surface area contributed by atoms with Gasteiger partial charge in [-0.05, 0) is 18.3 Å². The molecular formula is C13H14F3N3. The molecule has 0 aliphatic rings. The normalized spacial score (nSPS) is 12.5. The van der Waals surface area contributed by atoms with Crippen molar-refractivity contribution in [3.63, 3.8) is 0 Å². The molecule has 3 nitrogen and oxygen atoms in total. The van der Waals surface area contributed by atoms with Gasteiger partial charge < -0.3 is 9.30 Å². The Kier molecular flexibility index (Phi) is 3.50. The van der Waals surface area contributed by atoms with E-state index in [0.717, 1.165) is 17.8 Å². The highest BCUT2D eigenvalue weighted by molar-refractivity contribution is 5.44. The van der Waals surface area contributed by atoms with Crippen LogP contribution in [0.15, 0.2) is 36.8 Å². The first-order valence-corrected chi connectivity index (χ1v) is 5.74. The summed E-state index contributed by atoms with van der Waals surface area (Å²) < 4.78 is 39.3. The van der Waals surface area contributed by atoms with E-state index < -0.39 is 11.7 Å². The monoisotopic (exact) mass is 269 g/mol. The second kappa shape index (κ2) is 4.95. The van der Waals surface area contributed by atoms with Gasteiger partial charge in [-0.25, -0.2) is 4.98 Å². The molecule has 2 aromatic rings. The molecule has 0 spiro atoms. The number of alkyl halides is 3. The van der Waals surface area contributed by atoms with Crippen molar-refractivity contribution in [1.82, 2.24) is 14.3 Å². The third kappa shape index (κ3) is 3.07. The van der Waals surface area contributed by atoms with Gasteiger partial charge in [0.1, 0.15) is 5.65 Å². The van der Waals surface area contributed by atoms with E-state index >= 15 is 0 Å². The molecule has 19 heavy (non-hydrogen) atoms. The molecule has 2 heterocycles. The van der Waals surface area contributed by atoms with E-state index in [2.05, 4.69) is 4.98 Å². The number of halogens is 3. The molecule has 0 saturated carbocycles. The largest absolute Gasteiger partial charge is 0.416 e. The van der Waals surface area contributed by atoms with Crippen molar-refractivity contribution in [1.29, 1.82) is 0 Å². The van der Waals surface area contributed by atoms with Gasteiger partial charge in [-0.1, -0.05) is 6.08 Å². The fraction of sp³-hybridized carbons (Fsp3) is 0.308. The molecule has 6 heteroatoms. The molecule has 2 rings (SSSR count). The van der Waals surface area contributed by atoms with Crippen molar-refractivity contribution in [3.8, 4) is 0 Å². The minimum atomic E-state index is -4.33. The summed E-state index contributed by atoms with van der Waals surface area (Å²) in [5, 5.41) is 0. The first-order valence-electron chi connectivity index (χ1n) is 5.74. The highest BCUT2D eigenvalue weighted by Gasteiger charge is 2.30. The topological polar surface area (TPSA) is 20.5 Å². The van der Waals surface area contributed by atoms with E-state index in [0.29, 0.717) is 12.1 Å². The Morgan fingerprint density at radius 2 is 2.11 bits per heavy atom. The van der Waals surface area contributed by atoms with E-state index in [4.69, 9.17) is 0 Å². The Hall–Kier alpha value is -1.98. The van der Waals surface area contributed by atoms with E-state index in [1.54, 1.807) is 10.6 Å². The van der Waals surface area contributed by atoms with Crippen molar-refractivity contribution >= 4 is 5.65 Å². The van der Waals surface area contributed by atoms with Crippen LogP contribution in [0, 0.1) is 0 Å². The predicted molar refractivity (Wildman–Crippen MR) is 66.7 cm³/mol. The maximum absolute atomic E-state index is 12.6. The molecule has 0 saturated heterocycles. The average molecular weight is 269 g/mol. The number of fused-ring (bicyclic) bond motifs is 1. The minimum absolute atomic E-state index is 0.308. The van der Waals surface area contributed by atoms with E-state index in [9.17, 15) is 13.2 Å². The van der Waals surface area contributed by atoms with E-state index in [-0.39, 0.29) is 0 Å². The number of hydrogen-bond donors (Lipinski definition) is 0. The van der Waals surface area contributed by atoms with Gasteiger partial charge in [-0.3, -0.25) is 0 Å². The maximum Gasteiger partial charge on any atom is 0.416 e. The Balaban J connectivity index is 2.29. The minimum Gasteiger partial charge on any atom is -0.384 e. The van der Waals surface area contributed by atoms with Gasteiger partial charge in [0, 0.05) is 38.6 Å². The van der Waals surface area contributed by atoms with Gasteiger partial charge in [0.25, 0.3) is 0 Å². The molecule has 102 valence electrons. The second-order valence-corrected chi connectivity index (χ2v) is 4.44. The quantitative estimate of drug-likeness (QED) is 0.854. The Labute approximate surface area is 109 Å². The molecule has 0 aliphatic heterocycles. The molecule has 0 unspecified atom stereocenters. The Morgan fingerprint density at radius 1 is 1.37 bits per heavy atom. The molecule has 0 amide bonds. The summed E-state index contributed by atoms with van der Waals surface area (Å²) >= 11 is 0. The van der Waals surface area contributed by atoms with E-state index in [1.807, 2.05) is 31.3 Å². The summed E-state index contributed by atoms with van der Waals surface area (Å²) in [4.78, 5) is 5.90. The van der Waals surface area contributed by atoms with Crippen LogP contribution >= 0.6 is 0 Å². The fourth-order valence-electron chi connectivity index (χ4n) is 1.74. The zero-order valence-corrected chi connectivity index (χ0v) is 10.6. The predicted octanol–water partition coefficient (Wildman–Crippen LogP) is 2.97. The second-order valence-electron chi connectivity index (χ2n) is 4.44. The number of imidazole rings is 1. The fourth-order valence-corrected chi connectivity index (χ4v) is 1.74. The molecule has 0 aliphatic carbocycles. The number of rotatable bonds is 3. The lowest BCUT2D eigenvalue weighted by molar-refractivity contribution is -0.137. The summed E-state index contributed by atoms with van der Waals surface area (Å²) in [7, 11) is 3.81. The van der Waals surface area contributed by atoms with Gasteiger partial charge in [0.05, 0.1) is 5.56 Å². The van der Waals surface area contributed by atoms with Crippen LogP contribution in [0.2, 0.25) is 0 Å². The zero-order valence-electron chi connectivity index (χ0n) is 10.6. The smallest absolute Gasteiger partial charge is 0.384 e. The molecule has 0 fully saturated rings. The van der Waals surface area contributed by atoms with Gasteiger partial charge >= 0.3 is 6.18 Å².